The Balaban J connectivity index is 3.45. The fraction of sp³-hybridized carbons (Fsp3) is 0.667. The van der Waals surface area contributed by atoms with E-state index >= 15 is 0 Å². The van der Waals surface area contributed by atoms with E-state index in [9.17, 15) is 9.59 Å². The van der Waals surface area contributed by atoms with E-state index in [2.05, 4.69) is 30.2 Å². The van der Waals surface area contributed by atoms with Gasteiger partial charge in [-0.25, -0.2) is 9.59 Å². The number of hydrogen-bond donors (Lipinski definition) is 2. The van der Waals surface area contributed by atoms with Crippen molar-refractivity contribution in [3.63, 3.8) is 0 Å². The Morgan fingerprint density at radius 3 is 2.32 bits per heavy atom. The number of nitrogens with zero attached hydrogens (tertiary/aromatic N) is 2. The lowest BCUT2D eigenvalue weighted by Crippen LogP contribution is -2.49. The van der Waals surface area contributed by atoms with E-state index in [1.54, 1.807) is 11.0 Å². The highest BCUT2D eigenvalue weighted by Gasteiger charge is 2.27. The van der Waals surface area contributed by atoms with Gasteiger partial charge in [0.25, 0.3) is 0 Å². The van der Waals surface area contributed by atoms with Gasteiger partial charge in [0, 0.05) is 11.6 Å². The summed E-state index contributed by atoms with van der Waals surface area (Å²) in [6.07, 6.45) is 14.5. The first-order valence-electron chi connectivity index (χ1n) is 12.9. The van der Waals surface area contributed by atoms with E-state index in [4.69, 9.17) is 18.0 Å². The molecule has 0 aliphatic rings. The first-order valence-corrected chi connectivity index (χ1v) is 13.4. The van der Waals surface area contributed by atoms with Crippen molar-refractivity contribution in [1.82, 2.24) is 5.32 Å². The minimum absolute atomic E-state index is 0.0562. The third kappa shape index (κ3) is 9.19. The Labute approximate surface area is 211 Å². The fourth-order valence-electron chi connectivity index (χ4n) is 4.51. The molecule has 7 heteroatoms. The molecule has 6 nitrogen and oxygen atoms in total. The average molecular weight is 489 g/mol. The van der Waals surface area contributed by atoms with E-state index in [1.165, 1.54) is 25.7 Å². The van der Waals surface area contributed by atoms with Crippen LogP contribution < -0.4 is 16.0 Å². The zero-order chi connectivity index (χ0) is 25.5. The van der Waals surface area contributed by atoms with Crippen LogP contribution in [0.5, 0.6) is 0 Å². The van der Waals surface area contributed by atoms with Crippen LogP contribution in [0.15, 0.2) is 11.1 Å². The Bertz CT molecular complexity index is 850. The number of carbonyl (C=O) groups excluding carboxylic acids is 2. The van der Waals surface area contributed by atoms with Gasteiger partial charge in [0.15, 0.2) is 5.11 Å². The smallest absolute Gasteiger partial charge is 0.328 e. The van der Waals surface area contributed by atoms with E-state index in [0.717, 1.165) is 67.3 Å². The monoisotopic (exact) mass is 488 g/mol. The topological polar surface area (TPSA) is 87.8 Å². The summed E-state index contributed by atoms with van der Waals surface area (Å²) < 4.78 is 0. The molecule has 34 heavy (non-hydrogen) atoms. The molecule has 3 N–H and O–H groups in total. The molecule has 0 radical (unpaired) electrons. The Hall–Kier alpha value is -2.24. The lowest BCUT2D eigenvalue weighted by molar-refractivity contribution is 0.248. The normalized spacial score (nSPS) is 11.6. The molecular formula is C27H44N4O2S. The number of benzene rings is 1. The molecule has 1 atom stereocenters. The number of thiocarbonyl (C=S) groups is 1. The number of hydrogen-bond acceptors (Lipinski definition) is 4. The van der Waals surface area contributed by atoms with Crippen LogP contribution in [0.25, 0.3) is 0 Å². The summed E-state index contributed by atoms with van der Waals surface area (Å²) >= 11 is 4.96. The summed E-state index contributed by atoms with van der Waals surface area (Å²) in [6.45, 7) is 10.5. The fourth-order valence-corrected chi connectivity index (χ4v) is 4.59. The minimum atomic E-state index is -0.346. The molecular weight excluding hydrogens is 444 g/mol. The van der Waals surface area contributed by atoms with Gasteiger partial charge in [-0.15, -0.1) is 0 Å². The molecule has 0 aliphatic carbocycles. The van der Waals surface area contributed by atoms with Crippen LogP contribution in [0.1, 0.15) is 109 Å². The number of rotatable bonds is 15. The average Bonchev–Trinajstić information content (AvgIpc) is 2.78. The molecule has 0 aromatic heterocycles. The van der Waals surface area contributed by atoms with Gasteiger partial charge in [0.05, 0.1) is 11.4 Å². The van der Waals surface area contributed by atoms with Crippen LogP contribution in [0.2, 0.25) is 0 Å². The zero-order valence-electron chi connectivity index (χ0n) is 21.8. The SMILES string of the molecule is CCCCCCCCc1cc(N(C(=O)NC(N)=S)C(C)CCCCC)c(CC)c(N=C=O)c1C. The van der Waals surface area contributed by atoms with Crippen LogP contribution >= 0.6 is 12.2 Å². The first kappa shape index (κ1) is 29.8. The summed E-state index contributed by atoms with van der Waals surface area (Å²) in [5.41, 5.74) is 10.0. The number of anilines is 1. The van der Waals surface area contributed by atoms with Gasteiger partial charge in [-0.2, -0.15) is 4.99 Å². The molecule has 0 aliphatic heterocycles. The lowest BCUT2D eigenvalue weighted by atomic mass is 9.93. The van der Waals surface area contributed by atoms with Gasteiger partial charge in [-0.05, 0) is 68.9 Å². The molecule has 0 bridgehead atoms. The summed E-state index contributed by atoms with van der Waals surface area (Å²) in [6, 6.07) is 1.70. The number of aryl methyl sites for hydroxylation is 1. The second-order valence-corrected chi connectivity index (χ2v) is 9.53. The highest BCUT2D eigenvalue weighted by molar-refractivity contribution is 7.80. The van der Waals surface area contributed by atoms with Gasteiger partial charge in [0.2, 0.25) is 6.08 Å². The van der Waals surface area contributed by atoms with Gasteiger partial charge in [-0.3, -0.25) is 10.2 Å². The Morgan fingerprint density at radius 1 is 1.12 bits per heavy atom. The third-order valence-electron chi connectivity index (χ3n) is 6.43. The number of carbonyl (C=O) groups is 1. The predicted molar refractivity (Wildman–Crippen MR) is 147 cm³/mol. The van der Waals surface area contributed by atoms with Gasteiger partial charge in [0.1, 0.15) is 0 Å². The Kier molecular flexibility index (Phi) is 14.4. The van der Waals surface area contributed by atoms with Crippen LogP contribution in [0.3, 0.4) is 0 Å². The van der Waals surface area contributed by atoms with Crippen molar-refractivity contribution in [2.75, 3.05) is 4.90 Å². The van der Waals surface area contributed by atoms with Crippen LogP contribution in [-0.2, 0) is 17.6 Å². The Morgan fingerprint density at radius 2 is 1.74 bits per heavy atom. The first-order chi connectivity index (χ1) is 16.3. The van der Waals surface area contributed by atoms with E-state index in [0.29, 0.717) is 12.1 Å². The molecule has 0 saturated carbocycles. The summed E-state index contributed by atoms with van der Waals surface area (Å²) in [5, 5.41) is 2.55. The van der Waals surface area contributed by atoms with Crippen LogP contribution in [0.4, 0.5) is 16.2 Å². The van der Waals surface area contributed by atoms with Crippen molar-refractivity contribution in [1.29, 1.82) is 0 Å². The molecule has 2 amide bonds. The molecule has 1 rings (SSSR count). The van der Waals surface area contributed by atoms with Crippen molar-refractivity contribution >= 4 is 40.8 Å². The molecule has 190 valence electrons. The van der Waals surface area contributed by atoms with Gasteiger partial charge in [-0.1, -0.05) is 72.1 Å². The van der Waals surface area contributed by atoms with Crippen molar-refractivity contribution in [3.05, 3.63) is 22.8 Å². The minimum Gasteiger partial charge on any atom is -0.376 e. The van der Waals surface area contributed by atoms with Crippen molar-refractivity contribution in [2.45, 2.75) is 118 Å². The molecule has 0 spiro atoms. The predicted octanol–water partition coefficient (Wildman–Crippen LogP) is 7.16. The van der Waals surface area contributed by atoms with Gasteiger partial charge >= 0.3 is 6.03 Å². The van der Waals surface area contributed by atoms with E-state index in [1.807, 2.05) is 20.8 Å². The maximum absolute atomic E-state index is 13.3. The largest absolute Gasteiger partial charge is 0.376 e. The molecule has 1 aromatic carbocycles. The second kappa shape index (κ2) is 16.4. The van der Waals surface area contributed by atoms with Crippen LogP contribution in [-0.4, -0.2) is 23.3 Å². The summed E-state index contributed by atoms with van der Waals surface area (Å²) in [5.74, 6) is 0. The van der Waals surface area contributed by atoms with E-state index < -0.39 is 0 Å². The maximum Gasteiger partial charge on any atom is 0.328 e. The van der Waals surface area contributed by atoms with Crippen molar-refractivity contribution in [2.24, 2.45) is 10.7 Å². The number of nitrogens with two attached hydrogens (primary N) is 1. The molecule has 1 aromatic rings. The molecule has 0 saturated heterocycles. The highest BCUT2D eigenvalue weighted by Crippen LogP contribution is 2.38. The highest BCUT2D eigenvalue weighted by atomic mass is 32.1. The van der Waals surface area contributed by atoms with Crippen molar-refractivity contribution < 1.29 is 9.59 Å². The van der Waals surface area contributed by atoms with Crippen molar-refractivity contribution in [3.8, 4) is 0 Å². The second-order valence-electron chi connectivity index (χ2n) is 9.09. The quantitative estimate of drug-likeness (QED) is 0.119. The number of isocyanates is 1. The molecule has 0 fully saturated rings. The maximum atomic E-state index is 13.3. The standard InChI is InChI=1S/C27H44N4O2S/c1-6-9-11-12-13-15-17-22-18-24(23(8-3)25(21(22)5)29-19-32)31(27(33)30-26(28)34)20(4)16-14-10-7-2/h18,20H,6-17H2,1-5H3,(H3,28,30,33,34). The summed E-state index contributed by atoms with van der Waals surface area (Å²) in [7, 11) is 0. The third-order valence-corrected chi connectivity index (χ3v) is 6.53. The van der Waals surface area contributed by atoms with E-state index in [-0.39, 0.29) is 17.2 Å². The lowest BCUT2D eigenvalue weighted by Gasteiger charge is -2.32. The number of nitrogens with one attached hydrogen (secondary N) is 1. The number of aliphatic imine (C=N–C) groups is 1. The number of urea groups is 1. The molecule has 1 unspecified atom stereocenters. The summed E-state index contributed by atoms with van der Waals surface area (Å²) in [4.78, 5) is 30.4. The zero-order valence-corrected chi connectivity index (χ0v) is 22.7. The number of unbranched alkanes of at least 4 members (excludes halogenated alkanes) is 7. The molecule has 0 heterocycles. The van der Waals surface area contributed by atoms with Crippen LogP contribution in [0, 0.1) is 6.92 Å². The number of amides is 2. The van der Waals surface area contributed by atoms with Gasteiger partial charge < -0.3 is 5.73 Å².